The zero-order valence-electron chi connectivity index (χ0n) is 18.4. The molecule has 0 aromatic heterocycles. The third-order valence-electron chi connectivity index (χ3n) is 5.70. The van der Waals surface area contributed by atoms with Crippen LogP contribution in [-0.4, -0.2) is 37.7 Å². The molecule has 1 atom stereocenters. The molecule has 1 heterocycles. The molecule has 162 valence electrons. The van der Waals surface area contributed by atoms with Crippen LogP contribution in [0.1, 0.15) is 42.9 Å². The molecule has 1 saturated heterocycles. The number of hydrogen-bond acceptors (Lipinski definition) is 4. The van der Waals surface area contributed by atoms with E-state index in [0.717, 1.165) is 12.1 Å². The van der Waals surface area contributed by atoms with Crippen LogP contribution in [0.15, 0.2) is 47.5 Å². The first-order chi connectivity index (χ1) is 14.6. The van der Waals surface area contributed by atoms with Gasteiger partial charge in [0.15, 0.2) is 17.5 Å². The van der Waals surface area contributed by atoms with Gasteiger partial charge in [0, 0.05) is 19.1 Å². The number of ether oxygens (including phenoxy) is 2. The molecular formula is C24H34N4O2. The molecule has 0 aliphatic carbocycles. The molecule has 1 aliphatic rings. The Morgan fingerprint density at radius 1 is 1.03 bits per heavy atom. The molecule has 0 bridgehead atoms. The van der Waals surface area contributed by atoms with Crippen molar-refractivity contribution in [3.8, 4) is 11.5 Å². The van der Waals surface area contributed by atoms with Crippen LogP contribution >= 0.6 is 0 Å². The topological polar surface area (TPSA) is 72.1 Å². The molecule has 30 heavy (non-hydrogen) atoms. The number of piperidine rings is 1. The summed E-state index contributed by atoms with van der Waals surface area (Å²) < 4.78 is 10.6. The molecule has 0 radical (unpaired) electrons. The van der Waals surface area contributed by atoms with Crippen molar-refractivity contribution in [1.29, 1.82) is 0 Å². The lowest BCUT2D eigenvalue weighted by atomic mass is 10.0. The van der Waals surface area contributed by atoms with Crippen molar-refractivity contribution < 1.29 is 9.47 Å². The van der Waals surface area contributed by atoms with E-state index in [0.29, 0.717) is 36.6 Å². The fraction of sp³-hybridized carbons (Fsp3) is 0.458. The van der Waals surface area contributed by atoms with Gasteiger partial charge in [0.25, 0.3) is 0 Å². The van der Waals surface area contributed by atoms with Gasteiger partial charge in [0.05, 0.1) is 20.8 Å². The van der Waals surface area contributed by atoms with Crippen LogP contribution in [-0.2, 0) is 19.6 Å². The second-order valence-corrected chi connectivity index (χ2v) is 7.88. The molecule has 2 aromatic rings. The first-order valence-electron chi connectivity index (χ1n) is 10.7. The van der Waals surface area contributed by atoms with Crippen molar-refractivity contribution in [2.45, 2.75) is 51.9 Å². The normalized spacial score (nSPS) is 17.6. The van der Waals surface area contributed by atoms with Crippen molar-refractivity contribution in [3.05, 3.63) is 59.2 Å². The molecule has 6 nitrogen and oxygen atoms in total. The Morgan fingerprint density at radius 2 is 1.73 bits per heavy atom. The third-order valence-corrected chi connectivity index (χ3v) is 5.70. The van der Waals surface area contributed by atoms with E-state index in [-0.39, 0.29) is 0 Å². The number of guanidine groups is 1. The lowest BCUT2D eigenvalue weighted by Gasteiger charge is -2.33. The van der Waals surface area contributed by atoms with Crippen LogP contribution < -0.4 is 20.5 Å². The highest BCUT2D eigenvalue weighted by Gasteiger charge is 2.17. The van der Waals surface area contributed by atoms with E-state index < -0.39 is 0 Å². The zero-order chi connectivity index (χ0) is 21.3. The zero-order valence-corrected chi connectivity index (χ0v) is 18.4. The molecule has 3 N–H and O–H groups in total. The average molecular weight is 411 g/mol. The molecule has 0 amide bonds. The van der Waals surface area contributed by atoms with Gasteiger partial charge in [0.2, 0.25) is 0 Å². The van der Waals surface area contributed by atoms with Crippen molar-refractivity contribution in [2.24, 2.45) is 10.7 Å². The van der Waals surface area contributed by atoms with Crippen LogP contribution in [0.3, 0.4) is 0 Å². The number of aliphatic imine (C=N–C) groups is 1. The summed E-state index contributed by atoms with van der Waals surface area (Å²) in [6.45, 7) is 5.71. The van der Waals surface area contributed by atoms with E-state index in [1.54, 1.807) is 14.2 Å². The van der Waals surface area contributed by atoms with Crippen molar-refractivity contribution in [2.75, 3.05) is 20.8 Å². The van der Waals surface area contributed by atoms with Crippen LogP contribution in [0.25, 0.3) is 0 Å². The maximum absolute atomic E-state index is 6.04. The van der Waals surface area contributed by atoms with Gasteiger partial charge in [-0.15, -0.1) is 0 Å². The van der Waals surface area contributed by atoms with Crippen molar-refractivity contribution in [3.63, 3.8) is 0 Å². The van der Waals surface area contributed by atoms with E-state index in [9.17, 15) is 0 Å². The second kappa shape index (κ2) is 10.9. The maximum Gasteiger partial charge on any atom is 0.189 e. The SMILES string of the molecule is COc1ccc(CN=C(N)NCc2ccc(CN3CCCCC3C)cc2)cc1OC. The Labute approximate surface area is 180 Å². The number of nitrogens with two attached hydrogens (primary N) is 1. The Balaban J connectivity index is 1.48. The Morgan fingerprint density at radius 3 is 2.43 bits per heavy atom. The van der Waals surface area contributed by atoms with Crippen LogP contribution in [0.2, 0.25) is 0 Å². The fourth-order valence-electron chi connectivity index (χ4n) is 3.79. The average Bonchev–Trinajstić information content (AvgIpc) is 2.78. The van der Waals surface area contributed by atoms with Crippen LogP contribution in [0, 0.1) is 0 Å². The number of nitrogens with zero attached hydrogens (tertiary/aromatic N) is 2. The summed E-state index contributed by atoms with van der Waals surface area (Å²) in [5.41, 5.74) is 9.60. The van der Waals surface area contributed by atoms with Crippen molar-refractivity contribution >= 4 is 5.96 Å². The molecule has 1 aliphatic heterocycles. The molecule has 0 saturated carbocycles. The molecule has 1 fully saturated rings. The molecule has 2 aromatic carbocycles. The minimum atomic E-state index is 0.427. The quantitative estimate of drug-likeness (QED) is 0.513. The standard InChI is InChI=1S/C24H34N4O2/c1-18-6-4-5-13-28(18)17-20-9-7-19(8-10-20)15-26-24(25)27-16-21-11-12-22(29-2)23(14-21)30-3/h7-12,14,18H,4-6,13,15-17H2,1-3H3,(H3,25,26,27). The summed E-state index contributed by atoms with van der Waals surface area (Å²) in [6, 6.07) is 15.2. The third kappa shape index (κ3) is 6.13. The highest BCUT2D eigenvalue weighted by Crippen LogP contribution is 2.27. The first-order valence-corrected chi connectivity index (χ1v) is 10.7. The highest BCUT2D eigenvalue weighted by molar-refractivity contribution is 5.77. The fourth-order valence-corrected chi connectivity index (χ4v) is 3.79. The smallest absolute Gasteiger partial charge is 0.189 e. The predicted molar refractivity (Wildman–Crippen MR) is 122 cm³/mol. The van der Waals surface area contributed by atoms with E-state index in [4.69, 9.17) is 15.2 Å². The lowest BCUT2D eigenvalue weighted by molar-refractivity contribution is 0.152. The molecule has 3 rings (SSSR count). The van der Waals surface area contributed by atoms with Gasteiger partial charge in [-0.05, 0) is 55.1 Å². The molecule has 0 spiro atoms. The molecule has 6 heteroatoms. The van der Waals surface area contributed by atoms with E-state index in [1.165, 1.54) is 36.9 Å². The van der Waals surface area contributed by atoms with Crippen LogP contribution in [0.4, 0.5) is 0 Å². The Hall–Kier alpha value is -2.73. The minimum Gasteiger partial charge on any atom is -0.493 e. The minimum absolute atomic E-state index is 0.427. The maximum atomic E-state index is 6.04. The van der Waals surface area contributed by atoms with Gasteiger partial charge >= 0.3 is 0 Å². The van der Waals surface area contributed by atoms with Crippen LogP contribution in [0.5, 0.6) is 11.5 Å². The summed E-state index contributed by atoms with van der Waals surface area (Å²) in [5, 5.41) is 3.19. The largest absolute Gasteiger partial charge is 0.493 e. The number of likely N-dealkylation sites (tertiary alicyclic amines) is 1. The van der Waals surface area contributed by atoms with Gasteiger partial charge in [-0.25, -0.2) is 4.99 Å². The monoisotopic (exact) mass is 410 g/mol. The second-order valence-electron chi connectivity index (χ2n) is 7.88. The van der Waals surface area contributed by atoms with E-state index >= 15 is 0 Å². The molecule has 1 unspecified atom stereocenters. The summed E-state index contributed by atoms with van der Waals surface area (Å²) in [5.74, 6) is 1.82. The number of nitrogens with one attached hydrogen (secondary N) is 1. The predicted octanol–water partition coefficient (Wildman–Crippen LogP) is 3.68. The number of methoxy groups -OCH3 is 2. The van der Waals surface area contributed by atoms with E-state index in [2.05, 4.69) is 46.4 Å². The highest BCUT2D eigenvalue weighted by atomic mass is 16.5. The Kier molecular flexibility index (Phi) is 7.97. The van der Waals surface area contributed by atoms with Crippen molar-refractivity contribution in [1.82, 2.24) is 10.2 Å². The summed E-state index contributed by atoms with van der Waals surface area (Å²) in [4.78, 5) is 7.00. The number of benzene rings is 2. The first kappa shape index (κ1) is 22.0. The number of rotatable bonds is 8. The Bertz CT molecular complexity index is 836. The summed E-state index contributed by atoms with van der Waals surface area (Å²) >= 11 is 0. The van der Waals surface area contributed by atoms with Gasteiger partial charge in [0.1, 0.15) is 0 Å². The van der Waals surface area contributed by atoms with Gasteiger partial charge in [-0.1, -0.05) is 36.8 Å². The lowest BCUT2D eigenvalue weighted by Crippen LogP contribution is -2.36. The van der Waals surface area contributed by atoms with Gasteiger partial charge in [-0.2, -0.15) is 0 Å². The molecular weight excluding hydrogens is 376 g/mol. The summed E-state index contributed by atoms with van der Waals surface area (Å²) in [6.07, 6.45) is 3.98. The summed E-state index contributed by atoms with van der Waals surface area (Å²) in [7, 11) is 3.25. The van der Waals surface area contributed by atoms with Gasteiger partial charge in [-0.3, -0.25) is 4.90 Å². The van der Waals surface area contributed by atoms with Gasteiger partial charge < -0.3 is 20.5 Å². The number of hydrogen-bond donors (Lipinski definition) is 2. The van der Waals surface area contributed by atoms with E-state index in [1.807, 2.05) is 18.2 Å².